The number of carbonyl (C=O) groups excluding carboxylic acids is 1. The van der Waals surface area contributed by atoms with Gasteiger partial charge in [-0.2, -0.15) is 0 Å². The van der Waals surface area contributed by atoms with Gasteiger partial charge in [-0.3, -0.25) is 4.79 Å². The highest BCUT2D eigenvalue weighted by Crippen LogP contribution is 2.30. The molecule has 3 aromatic carbocycles. The zero-order valence-electron chi connectivity index (χ0n) is 18.6. The molecule has 34 heavy (non-hydrogen) atoms. The Morgan fingerprint density at radius 3 is 2.41 bits per heavy atom. The van der Waals surface area contributed by atoms with Crippen molar-refractivity contribution < 1.29 is 17.6 Å². The molecule has 1 aromatic heterocycles. The fourth-order valence-electron chi connectivity index (χ4n) is 3.96. The molecular weight excluding hydrogens is 475 g/mol. The van der Waals surface area contributed by atoms with Gasteiger partial charge in [0.2, 0.25) is 5.91 Å². The molecule has 5 nitrogen and oxygen atoms in total. The van der Waals surface area contributed by atoms with Gasteiger partial charge in [0.1, 0.15) is 12.4 Å². The van der Waals surface area contributed by atoms with E-state index in [0.717, 1.165) is 5.56 Å². The second kappa shape index (κ2) is 9.99. The van der Waals surface area contributed by atoms with Crippen LogP contribution in [0.3, 0.4) is 0 Å². The number of sulfone groups is 1. The normalized spacial score (nSPS) is 11.6. The van der Waals surface area contributed by atoms with Gasteiger partial charge < -0.3 is 9.47 Å². The van der Waals surface area contributed by atoms with Crippen LogP contribution in [0.1, 0.15) is 18.1 Å². The van der Waals surface area contributed by atoms with E-state index in [4.69, 9.17) is 11.6 Å². The van der Waals surface area contributed by atoms with Crippen molar-refractivity contribution in [1.29, 1.82) is 0 Å². The predicted octanol–water partition coefficient (Wildman–Crippen LogP) is 5.46. The van der Waals surface area contributed by atoms with E-state index in [0.29, 0.717) is 24.0 Å². The van der Waals surface area contributed by atoms with Crippen molar-refractivity contribution in [1.82, 2.24) is 9.47 Å². The fourth-order valence-corrected chi connectivity index (χ4v) is 5.89. The van der Waals surface area contributed by atoms with Crippen LogP contribution in [-0.4, -0.2) is 30.3 Å². The van der Waals surface area contributed by atoms with E-state index in [1.807, 2.05) is 37.3 Å². The maximum atomic E-state index is 14.3. The van der Waals surface area contributed by atoms with Crippen LogP contribution >= 0.6 is 11.6 Å². The second-order valence-electron chi connectivity index (χ2n) is 7.99. The van der Waals surface area contributed by atoms with Gasteiger partial charge in [0.25, 0.3) is 0 Å². The molecule has 1 amide bonds. The first-order valence-electron chi connectivity index (χ1n) is 10.9. The Morgan fingerprint density at radius 1 is 1.00 bits per heavy atom. The molecule has 0 spiro atoms. The molecule has 176 valence electrons. The molecule has 0 saturated heterocycles. The summed E-state index contributed by atoms with van der Waals surface area (Å²) in [5.74, 6) is -1.38. The smallest absolute Gasteiger partial charge is 0.242 e. The topological polar surface area (TPSA) is 59.4 Å². The predicted molar refractivity (Wildman–Crippen MR) is 132 cm³/mol. The summed E-state index contributed by atoms with van der Waals surface area (Å²) in [6.07, 6.45) is 1.46. The Morgan fingerprint density at radius 2 is 1.71 bits per heavy atom. The monoisotopic (exact) mass is 498 g/mol. The van der Waals surface area contributed by atoms with Gasteiger partial charge in [-0.1, -0.05) is 66.2 Å². The highest BCUT2D eigenvalue weighted by Gasteiger charge is 2.25. The third-order valence-electron chi connectivity index (χ3n) is 5.74. The van der Waals surface area contributed by atoms with Crippen molar-refractivity contribution in [2.75, 3.05) is 6.54 Å². The average molecular weight is 499 g/mol. The number of halogens is 2. The minimum atomic E-state index is -3.94. The molecule has 0 atom stereocenters. The molecule has 8 heteroatoms. The van der Waals surface area contributed by atoms with Crippen LogP contribution in [0.25, 0.3) is 10.9 Å². The molecule has 0 aliphatic rings. The molecule has 0 fully saturated rings. The van der Waals surface area contributed by atoms with E-state index in [2.05, 4.69) is 0 Å². The van der Waals surface area contributed by atoms with Crippen molar-refractivity contribution in [3.8, 4) is 0 Å². The lowest BCUT2D eigenvalue weighted by Gasteiger charge is -2.21. The largest absolute Gasteiger partial charge is 0.337 e. The van der Waals surface area contributed by atoms with Crippen LogP contribution in [0.2, 0.25) is 5.02 Å². The minimum absolute atomic E-state index is 0.0167. The highest BCUT2D eigenvalue weighted by molar-refractivity contribution is 7.90. The molecule has 0 bridgehead atoms. The van der Waals surface area contributed by atoms with Crippen LogP contribution in [0.15, 0.2) is 83.9 Å². The van der Waals surface area contributed by atoms with Crippen LogP contribution in [0, 0.1) is 5.82 Å². The Hall–Kier alpha value is -3.16. The number of benzene rings is 3. The molecule has 1 heterocycles. The lowest BCUT2D eigenvalue weighted by molar-refractivity contribution is -0.132. The Balaban J connectivity index is 1.66. The van der Waals surface area contributed by atoms with E-state index in [-0.39, 0.29) is 27.9 Å². The average Bonchev–Trinajstić information content (AvgIpc) is 3.20. The van der Waals surface area contributed by atoms with E-state index in [1.54, 1.807) is 33.7 Å². The molecule has 4 aromatic rings. The number of hydrogen-bond donors (Lipinski definition) is 0. The molecule has 4 rings (SSSR count). The Labute approximate surface area is 203 Å². The van der Waals surface area contributed by atoms with Gasteiger partial charge >= 0.3 is 0 Å². The number of nitrogens with zero attached hydrogens (tertiary/aromatic N) is 2. The zero-order valence-corrected chi connectivity index (χ0v) is 20.2. The Kier molecular flexibility index (Phi) is 7.05. The third-order valence-corrected chi connectivity index (χ3v) is 7.76. The fraction of sp³-hybridized carbons (Fsp3) is 0.192. The summed E-state index contributed by atoms with van der Waals surface area (Å²) in [7, 11) is -3.94. The first-order chi connectivity index (χ1) is 16.3. The molecule has 0 unspecified atom stereocenters. The molecule has 0 saturated carbocycles. The highest BCUT2D eigenvalue weighted by atomic mass is 35.5. The first-order valence-corrected chi connectivity index (χ1v) is 12.9. The van der Waals surface area contributed by atoms with Gasteiger partial charge in [-0.15, -0.1) is 0 Å². The van der Waals surface area contributed by atoms with Crippen molar-refractivity contribution in [3.05, 3.63) is 101 Å². The number of fused-ring (bicyclic) bond motifs is 1. The number of aromatic nitrogens is 1. The van der Waals surface area contributed by atoms with E-state index >= 15 is 0 Å². The lowest BCUT2D eigenvalue weighted by Crippen LogP contribution is -2.33. The lowest BCUT2D eigenvalue weighted by atomic mass is 10.2. The summed E-state index contributed by atoms with van der Waals surface area (Å²) in [5, 5.41) is 0.538. The van der Waals surface area contributed by atoms with Crippen LogP contribution < -0.4 is 0 Å². The SMILES string of the molecule is CCN(Cc1ccccc1)C(=O)Cn1cc(S(=O)(=O)Cc2c(F)cccc2Cl)c2ccccc21. The van der Waals surface area contributed by atoms with Crippen molar-refractivity contribution in [2.24, 2.45) is 0 Å². The summed E-state index contributed by atoms with van der Waals surface area (Å²) in [4.78, 5) is 14.9. The molecular formula is C26H24ClFN2O3S. The van der Waals surface area contributed by atoms with Gasteiger partial charge in [0.05, 0.1) is 10.6 Å². The first kappa shape index (κ1) is 24.0. The molecule has 0 aliphatic carbocycles. The summed E-state index contributed by atoms with van der Waals surface area (Å²) in [6, 6.07) is 20.7. The maximum Gasteiger partial charge on any atom is 0.242 e. The summed E-state index contributed by atoms with van der Waals surface area (Å²) in [6.45, 7) is 2.87. The number of rotatable bonds is 8. The summed E-state index contributed by atoms with van der Waals surface area (Å²) in [5.41, 5.74) is 1.56. The summed E-state index contributed by atoms with van der Waals surface area (Å²) < 4.78 is 42.6. The van der Waals surface area contributed by atoms with Crippen LogP contribution in [-0.2, 0) is 33.5 Å². The zero-order chi connectivity index (χ0) is 24.3. The van der Waals surface area contributed by atoms with Crippen molar-refractivity contribution >= 4 is 38.2 Å². The quantitative estimate of drug-likeness (QED) is 0.324. The van der Waals surface area contributed by atoms with E-state index in [9.17, 15) is 17.6 Å². The van der Waals surface area contributed by atoms with Gasteiger partial charge in [0.15, 0.2) is 9.84 Å². The number of para-hydroxylation sites is 1. The van der Waals surface area contributed by atoms with E-state index in [1.165, 1.54) is 24.4 Å². The number of carbonyl (C=O) groups is 1. The third kappa shape index (κ3) is 5.00. The minimum Gasteiger partial charge on any atom is -0.337 e. The number of hydrogen-bond acceptors (Lipinski definition) is 3. The van der Waals surface area contributed by atoms with Crippen LogP contribution in [0.5, 0.6) is 0 Å². The number of amides is 1. The molecule has 0 aliphatic heterocycles. The standard InChI is InChI=1S/C26H24ClFN2O3S/c1-2-29(15-19-9-4-3-5-10-19)26(31)17-30-16-25(20-11-6-7-14-24(20)30)34(32,33)18-21-22(27)12-8-13-23(21)28/h3-14,16H,2,15,17-18H2,1H3. The second-order valence-corrected chi connectivity index (χ2v) is 10.4. The van der Waals surface area contributed by atoms with E-state index < -0.39 is 21.4 Å². The van der Waals surface area contributed by atoms with Gasteiger partial charge in [-0.05, 0) is 30.7 Å². The molecule has 0 N–H and O–H groups in total. The van der Waals surface area contributed by atoms with Crippen molar-refractivity contribution in [2.45, 2.75) is 30.7 Å². The number of likely N-dealkylation sites (N-methyl/N-ethyl adjacent to an activating group) is 1. The van der Waals surface area contributed by atoms with Crippen molar-refractivity contribution in [3.63, 3.8) is 0 Å². The molecule has 0 radical (unpaired) electrons. The van der Waals surface area contributed by atoms with Crippen LogP contribution in [0.4, 0.5) is 4.39 Å². The summed E-state index contributed by atoms with van der Waals surface area (Å²) >= 11 is 6.07. The van der Waals surface area contributed by atoms with Gasteiger partial charge in [-0.25, -0.2) is 12.8 Å². The maximum absolute atomic E-state index is 14.3. The Bertz CT molecular complexity index is 1410. The van der Waals surface area contributed by atoms with Gasteiger partial charge in [0, 0.05) is 40.8 Å².